The van der Waals surface area contributed by atoms with Crippen LogP contribution in [0.1, 0.15) is 19.4 Å². The number of hydrogen-bond acceptors (Lipinski definition) is 4. The number of nitrogens with zero attached hydrogens (tertiary/aromatic N) is 2. The summed E-state index contributed by atoms with van der Waals surface area (Å²) < 4.78 is 5.43. The lowest BCUT2D eigenvalue weighted by molar-refractivity contribution is -0.121. The molecule has 0 N–H and O–H groups in total. The Hall–Kier alpha value is -2.30. The van der Waals surface area contributed by atoms with E-state index >= 15 is 0 Å². The van der Waals surface area contributed by atoms with Crippen molar-refractivity contribution >= 4 is 17.3 Å². The smallest absolute Gasteiger partial charge is 0.265 e. The van der Waals surface area contributed by atoms with Crippen molar-refractivity contribution in [2.45, 2.75) is 13.8 Å². The first-order valence-electron chi connectivity index (χ1n) is 6.52. The van der Waals surface area contributed by atoms with Gasteiger partial charge in [-0.2, -0.15) is 0 Å². The first-order valence-corrected chi connectivity index (χ1v) is 6.52. The average molecular weight is 274 g/mol. The Morgan fingerprint density at radius 3 is 3.10 bits per heavy atom. The van der Waals surface area contributed by atoms with E-state index in [2.05, 4.69) is 11.7 Å². The molecule has 2 rings (SSSR count). The van der Waals surface area contributed by atoms with Crippen LogP contribution in [0.3, 0.4) is 0 Å². The Balaban J connectivity index is 2.30. The van der Waals surface area contributed by atoms with E-state index in [0.29, 0.717) is 13.2 Å². The summed E-state index contributed by atoms with van der Waals surface area (Å²) >= 11 is 0. The number of ether oxygens (including phenoxy) is 1. The van der Waals surface area contributed by atoms with Gasteiger partial charge in [0, 0.05) is 12.1 Å². The molecule has 1 aromatic carbocycles. The van der Waals surface area contributed by atoms with Crippen molar-refractivity contribution < 1.29 is 14.4 Å². The second-order valence-corrected chi connectivity index (χ2v) is 4.37. The fraction of sp³-hybridized carbons (Fsp3) is 0.333. The zero-order chi connectivity index (χ0) is 14.5. The van der Waals surface area contributed by atoms with Gasteiger partial charge in [0.05, 0.1) is 11.4 Å². The minimum absolute atomic E-state index is 0.0327. The van der Waals surface area contributed by atoms with Crippen molar-refractivity contribution in [1.82, 2.24) is 0 Å². The van der Waals surface area contributed by atoms with E-state index in [9.17, 15) is 4.79 Å². The van der Waals surface area contributed by atoms with Crippen LogP contribution in [-0.2, 0) is 9.63 Å². The van der Waals surface area contributed by atoms with Crippen molar-refractivity contribution in [3.63, 3.8) is 0 Å². The van der Waals surface area contributed by atoms with Gasteiger partial charge >= 0.3 is 0 Å². The monoisotopic (exact) mass is 274 g/mol. The Morgan fingerprint density at radius 1 is 1.60 bits per heavy atom. The third-order valence-corrected chi connectivity index (χ3v) is 3.03. The molecule has 0 saturated carbocycles. The van der Waals surface area contributed by atoms with Gasteiger partial charge < -0.3 is 14.5 Å². The Kier molecular flexibility index (Phi) is 4.40. The number of amides is 1. The van der Waals surface area contributed by atoms with Gasteiger partial charge in [-0.1, -0.05) is 17.8 Å². The number of oxime groups is 1. The van der Waals surface area contributed by atoms with E-state index in [1.54, 1.807) is 11.0 Å². The number of hydrogen-bond donors (Lipinski definition) is 0. The van der Waals surface area contributed by atoms with E-state index in [4.69, 9.17) is 9.57 Å². The van der Waals surface area contributed by atoms with Crippen molar-refractivity contribution in [3.8, 4) is 5.75 Å². The summed E-state index contributed by atoms with van der Waals surface area (Å²) in [5.74, 6) is 0.685. The molecule has 0 spiro atoms. The first-order chi connectivity index (χ1) is 9.67. The second-order valence-electron chi connectivity index (χ2n) is 4.37. The maximum absolute atomic E-state index is 11.8. The molecule has 0 aromatic heterocycles. The number of carbonyl (C=O) groups excluding carboxylic acids is 1. The molecule has 0 atom stereocenters. The molecule has 106 valence electrons. The van der Waals surface area contributed by atoms with E-state index in [1.165, 1.54) is 0 Å². The van der Waals surface area contributed by atoms with Crippen molar-refractivity contribution in [3.05, 3.63) is 36.4 Å². The van der Waals surface area contributed by atoms with Gasteiger partial charge in [-0.05, 0) is 32.0 Å². The van der Waals surface area contributed by atoms with Gasteiger partial charge in [-0.25, -0.2) is 0 Å². The number of anilines is 1. The van der Waals surface area contributed by atoms with Gasteiger partial charge in [0.1, 0.15) is 12.4 Å². The highest BCUT2D eigenvalue weighted by Gasteiger charge is 2.24. The Bertz CT molecular complexity index is 552. The largest absolute Gasteiger partial charge is 0.482 e. The first kappa shape index (κ1) is 14.1. The molecule has 1 aliphatic heterocycles. The molecule has 0 saturated heterocycles. The topological polar surface area (TPSA) is 51.1 Å². The Morgan fingerprint density at radius 2 is 2.40 bits per heavy atom. The highest BCUT2D eigenvalue weighted by molar-refractivity contribution is 6.02. The summed E-state index contributed by atoms with van der Waals surface area (Å²) in [6.45, 7) is 8.43. The zero-order valence-corrected chi connectivity index (χ0v) is 11.8. The number of fused-ring (bicyclic) bond motifs is 1. The van der Waals surface area contributed by atoms with Crippen molar-refractivity contribution in [2.75, 3.05) is 24.7 Å². The lowest BCUT2D eigenvalue weighted by Gasteiger charge is -2.28. The molecule has 0 unspecified atom stereocenters. The summed E-state index contributed by atoms with van der Waals surface area (Å²) in [7, 11) is 0. The minimum atomic E-state index is -0.0327. The maximum Gasteiger partial charge on any atom is 0.265 e. The second kappa shape index (κ2) is 6.23. The van der Waals surface area contributed by atoms with E-state index in [1.807, 2.05) is 32.0 Å². The van der Waals surface area contributed by atoms with Gasteiger partial charge in [0.2, 0.25) is 0 Å². The quantitative estimate of drug-likeness (QED) is 0.358. The van der Waals surface area contributed by atoms with Crippen LogP contribution in [-0.4, -0.2) is 31.4 Å². The maximum atomic E-state index is 11.8. The summed E-state index contributed by atoms with van der Waals surface area (Å²) in [4.78, 5) is 18.6. The molecular formula is C15H18N2O3. The average Bonchev–Trinajstić information content (AvgIpc) is 2.46. The van der Waals surface area contributed by atoms with Crippen molar-refractivity contribution in [1.29, 1.82) is 0 Å². The van der Waals surface area contributed by atoms with Crippen LogP contribution in [0.4, 0.5) is 5.69 Å². The molecule has 1 aliphatic rings. The molecule has 0 bridgehead atoms. The van der Waals surface area contributed by atoms with Crippen LogP contribution < -0.4 is 9.64 Å². The number of benzene rings is 1. The van der Waals surface area contributed by atoms with Crippen LogP contribution in [0.5, 0.6) is 5.75 Å². The van der Waals surface area contributed by atoms with Crippen LogP contribution in [0.15, 0.2) is 36.0 Å². The molecule has 20 heavy (non-hydrogen) atoms. The van der Waals surface area contributed by atoms with Gasteiger partial charge in [-0.15, -0.1) is 0 Å². The van der Waals surface area contributed by atoms with Crippen LogP contribution >= 0.6 is 0 Å². The molecular weight excluding hydrogens is 256 g/mol. The van der Waals surface area contributed by atoms with Crippen LogP contribution in [0.2, 0.25) is 0 Å². The van der Waals surface area contributed by atoms with E-state index < -0.39 is 0 Å². The molecule has 1 aromatic rings. The van der Waals surface area contributed by atoms with Gasteiger partial charge in [0.25, 0.3) is 5.91 Å². The fourth-order valence-corrected chi connectivity index (χ4v) is 2.01. The van der Waals surface area contributed by atoms with Crippen molar-refractivity contribution in [2.24, 2.45) is 5.16 Å². The summed E-state index contributed by atoms with van der Waals surface area (Å²) in [5, 5.41) is 4.00. The van der Waals surface area contributed by atoms with E-state index in [0.717, 1.165) is 22.7 Å². The summed E-state index contributed by atoms with van der Waals surface area (Å²) in [6.07, 6.45) is 1.63. The summed E-state index contributed by atoms with van der Waals surface area (Å²) in [5.41, 5.74) is 2.41. The van der Waals surface area contributed by atoms with Crippen LogP contribution in [0.25, 0.3) is 0 Å². The lowest BCUT2D eigenvalue weighted by Crippen LogP contribution is -2.38. The molecule has 0 fully saturated rings. The number of carbonyl (C=O) groups is 1. The molecule has 5 nitrogen and oxygen atoms in total. The molecule has 1 amide bonds. The number of rotatable bonds is 5. The summed E-state index contributed by atoms with van der Waals surface area (Å²) in [6, 6.07) is 5.65. The minimum Gasteiger partial charge on any atom is -0.482 e. The Labute approximate surface area is 118 Å². The highest BCUT2D eigenvalue weighted by atomic mass is 16.6. The molecule has 0 radical (unpaired) electrons. The molecule has 0 aliphatic carbocycles. The SMILES string of the molecule is C=CCO/N=C(/C)c1ccc2c(c1)N(CC)C(=O)CO2. The van der Waals surface area contributed by atoms with Gasteiger partial charge in [-0.3, -0.25) is 4.79 Å². The predicted octanol–water partition coefficient (Wildman–Crippen LogP) is 2.36. The standard InChI is InChI=1S/C15H18N2O3/c1-4-8-20-16-11(3)12-6-7-14-13(9-12)17(5-2)15(18)10-19-14/h4,6-7,9H,1,5,8,10H2,2-3H3/b16-11-. The third kappa shape index (κ3) is 2.82. The normalized spacial score (nSPS) is 14.6. The number of likely N-dealkylation sites (N-methyl/N-ethyl adjacent to an activating group) is 1. The zero-order valence-electron chi connectivity index (χ0n) is 11.8. The van der Waals surface area contributed by atoms with Crippen LogP contribution in [0, 0.1) is 0 Å². The van der Waals surface area contributed by atoms with E-state index in [-0.39, 0.29) is 12.5 Å². The highest BCUT2D eigenvalue weighted by Crippen LogP contribution is 2.32. The van der Waals surface area contributed by atoms with Gasteiger partial charge in [0.15, 0.2) is 6.61 Å². The molecule has 5 heteroatoms. The lowest BCUT2D eigenvalue weighted by atomic mass is 10.1. The molecule has 1 heterocycles. The third-order valence-electron chi connectivity index (χ3n) is 3.03. The predicted molar refractivity (Wildman–Crippen MR) is 78.3 cm³/mol. The fourth-order valence-electron chi connectivity index (χ4n) is 2.01.